The van der Waals surface area contributed by atoms with Crippen LogP contribution in [0.1, 0.15) is 0 Å². The highest BCUT2D eigenvalue weighted by Gasteiger charge is 2.18. The van der Waals surface area contributed by atoms with E-state index < -0.39 is 0 Å². The zero-order valence-corrected chi connectivity index (χ0v) is 29.8. The van der Waals surface area contributed by atoms with Gasteiger partial charge >= 0.3 is 0 Å². The van der Waals surface area contributed by atoms with Gasteiger partial charge in [-0.1, -0.05) is 152 Å². The lowest BCUT2D eigenvalue weighted by molar-refractivity contribution is 0.669. The molecule has 0 amide bonds. The van der Waals surface area contributed by atoms with Gasteiger partial charge in [0, 0.05) is 27.5 Å². The maximum atomic E-state index is 6.28. The molecule has 0 saturated carbocycles. The third-order valence-electron chi connectivity index (χ3n) is 10.8. The zero-order chi connectivity index (χ0) is 36.3. The van der Waals surface area contributed by atoms with Gasteiger partial charge in [-0.2, -0.15) is 0 Å². The van der Waals surface area contributed by atoms with Crippen molar-refractivity contribution in [3.63, 3.8) is 0 Å². The molecule has 3 nitrogen and oxygen atoms in total. The van der Waals surface area contributed by atoms with Gasteiger partial charge in [0.15, 0.2) is 5.82 Å². The molecule has 0 bridgehead atoms. The quantitative estimate of drug-likeness (QED) is 0.162. The largest absolute Gasteiger partial charge is 0.456 e. The van der Waals surface area contributed by atoms with Crippen molar-refractivity contribution in [2.24, 2.45) is 0 Å². The first-order chi connectivity index (χ1) is 27.2. The molecule has 11 rings (SSSR count). The highest BCUT2D eigenvalue weighted by Crippen LogP contribution is 2.43. The van der Waals surface area contributed by atoms with Crippen molar-refractivity contribution in [3.05, 3.63) is 194 Å². The molecule has 3 heteroatoms. The Balaban J connectivity index is 1.00. The number of nitrogens with zero attached hydrogens (tertiary/aromatic N) is 2. The normalized spacial score (nSPS) is 11.6. The maximum Gasteiger partial charge on any atom is 0.160 e. The Morgan fingerprint density at radius 3 is 1.29 bits per heavy atom. The fourth-order valence-corrected chi connectivity index (χ4v) is 8.18. The molecule has 0 fully saturated rings. The summed E-state index contributed by atoms with van der Waals surface area (Å²) in [5.41, 5.74) is 13.7. The van der Waals surface area contributed by atoms with E-state index in [0.29, 0.717) is 5.82 Å². The highest BCUT2D eigenvalue weighted by atomic mass is 16.3. The summed E-state index contributed by atoms with van der Waals surface area (Å²) < 4.78 is 6.28. The summed E-state index contributed by atoms with van der Waals surface area (Å²) in [5, 5.41) is 7.35. The van der Waals surface area contributed by atoms with Gasteiger partial charge < -0.3 is 4.42 Å². The molecule has 9 aromatic carbocycles. The van der Waals surface area contributed by atoms with Crippen LogP contribution in [0.25, 0.3) is 111 Å². The van der Waals surface area contributed by atoms with Crippen LogP contribution in [0.15, 0.2) is 199 Å². The van der Waals surface area contributed by atoms with Gasteiger partial charge in [0.05, 0.1) is 11.4 Å². The minimum atomic E-state index is 0.701. The number of benzene rings is 9. The summed E-state index contributed by atoms with van der Waals surface area (Å²) in [6.45, 7) is 0. The Labute approximate surface area is 318 Å². The van der Waals surface area contributed by atoms with Crippen molar-refractivity contribution < 1.29 is 4.42 Å². The van der Waals surface area contributed by atoms with Crippen LogP contribution in [-0.2, 0) is 0 Å². The Hall–Kier alpha value is -7.36. The van der Waals surface area contributed by atoms with E-state index in [-0.39, 0.29) is 0 Å². The maximum absolute atomic E-state index is 6.28. The van der Waals surface area contributed by atoms with Crippen molar-refractivity contribution in [3.8, 4) is 67.3 Å². The molecule has 0 radical (unpaired) electrons. The molecule has 256 valence electrons. The minimum absolute atomic E-state index is 0.701. The van der Waals surface area contributed by atoms with E-state index in [1.54, 1.807) is 0 Å². The first-order valence-corrected chi connectivity index (χ1v) is 18.6. The molecule has 11 aromatic rings. The molecule has 0 atom stereocenters. The number of fused-ring (bicyclic) bond motifs is 3. The fourth-order valence-electron chi connectivity index (χ4n) is 8.18. The number of hydrogen-bond acceptors (Lipinski definition) is 3. The molecule has 0 aliphatic rings. The predicted molar refractivity (Wildman–Crippen MR) is 228 cm³/mol. The Bertz CT molecular complexity index is 3200. The van der Waals surface area contributed by atoms with Crippen LogP contribution in [0.5, 0.6) is 0 Å². The topological polar surface area (TPSA) is 38.9 Å². The number of hydrogen-bond donors (Lipinski definition) is 0. The van der Waals surface area contributed by atoms with E-state index in [9.17, 15) is 0 Å². The second kappa shape index (κ2) is 12.6. The van der Waals surface area contributed by atoms with E-state index in [2.05, 4.69) is 170 Å². The summed E-state index contributed by atoms with van der Waals surface area (Å²) in [5.74, 6) is 0.701. The molecule has 0 aliphatic carbocycles. The lowest BCUT2D eigenvalue weighted by Gasteiger charge is -2.12. The third-order valence-corrected chi connectivity index (χ3v) is 10.8. The van der Waals surface area contributed by atoms with Crippen LogP contribution >= 0.6 is 0 Å². The van der Waals surface area contributed by atoms with Crippen molar-refractivity contribution >= 4 is 43.5 Å². The average molecular weight is 701 g/mol. The lowest BCUT2D eigenvalue weighted by atomic mass is 9.91. The van der Waals surface area contributed by atoms with Crippen LogP contribution in [0.2, 0.25) is 0 Å². The SMILES string of the molecule is c1ccc(-c2cccc(-c3cc(-c4cccc(-c5cccc(-c6ccc7c(c6)c6cccc8oc9cccc7c9c86)c5)c4)nc(-c4ccccc4)n3)c2)cc1. The summed E-state index contributed by atoms with van der Waals surface area (Å²) in [6, 6.07) is 68.6. The van der Waals surface area contributed by atoms with Crippen LogP contribution in [-0.4, -0.2) is 9.97 Å². The first-order valence-electron chi connectivity index (χ1n) is 18.6. The summed E-state index contributed by atoms with van der Waals surface area (Å²) in [7, 11) is 0. The van der Waals surface area contributed by atoms with Crippen LogP contribution in [0.3, 0.4) is 0 Å². The molecule has 55 heavy (non-hydrogen) atoms. The molecule has 0 unspecified atom stereocenters. The summed E-state index contributed by atoms with van der Waals surface area (Å²) >= 11 is 0. The number of furan rings is 1. The average Bonchev–Trinajstić information content (AvgIpc) is 3.66. The number of aromatic nitrogens is 2. The molecule has 0 N–H and O–H groups in total. The predicted octanol–water partition coefficient (Wildman–Crippen LogP) is 14.1. The molecule has 0 spiro atoms. The number of rotatable bonds is 6. The Morgan fingerprint density at radius 2 is 0.709 bits per heavy atom. The van der Waals surface area contributed by atoms with Gasteiger partial charge in [-0.3, -0.25) is 0 Å². The van der Waals surface area contributed by atoms with Gasteiger partial charge in [-0.05, 0) is 97.4 Å². The first kappa shape index (κ1) is 31.2. The molecule has 2 aromatic heterocycles. The van der Waals surface area contributed by atoms with Gasteiger partial charge in [-0.15, -0.1) is 0 Å². The molecular weight excluding hydrogens is 669 g/mol. The highest BCUT2D eigenvalue weighted by molar-refractivity contribution is 6.33. The fraction of sp³-hybridized carbons (Fsp3) is 0. The van der Waals surface area contributed by atoms with Crippen molar-refractivity contribution in [1.29, 1.82) is 0 Å². The smallest absolute Gasteiger partial charge is 0.160 e. The third kappa shape index (κ3) is 5.36. The zero-order valence-electron chi connectivity index (χ0n) is 29.8. The van der Waals surface area contributed by atoms with Crippen LogP contribution in [0.4, 0.5) is 0 Å². The van der Waals surface area contributed by atoms with Crippen LogP contribution < -0.4 is 0 Å². The minimum Gasteiger partial charge on any atom is -0.456 e. The van der Waals surface area contributed by atoms with E-state index in [1.165, 1.54) is 49.0 Å². The van der Waals surface area contributed by atoms with E-state index in [0.717, 1.165) is 55.9 Å². The van der Waals surface area contributed by atoms with Gasteiger partial charge in [0.25, 0.3) is 0 Å². The van der Waals surface area contributed by atoms with Crippen molar-refractivity contribution in [2.45, 2.75) is 0 Å². The molecule has 0 aliphatic heterocycles. The second-order valence-electron chi connectivity index (χ2n) is 14.2. The summed E-state index contributed by atoms with van der Waals surface area (Å²) in [6.07, 6.45) is 0. The van der Waals surface area contributed by atoms with Crippen LogP contribution in [0, 0.1) is 0 Å². The summed E-state index contributed by atoms with van der Waals surface area (Å²) in [4.78, 5) is 10.3. The molecular formula is C52H32N2O. The second-order valence-corrected chi connectivity index (χ2v) is 14.2. The van der Waals surface area contributed by atoms with E-state index in [4.69, 9.17) is 14.4 Å². The van der Waals surface area contributed by atoms with E-state index >= 15 is 0 Å². The standard InChI is InChI=1S/C52H32N2O/c1-3-12-33(13-4-1)35-16-8-20-40(29-35)46-32-47(54-52(53-46)34-14-5-2-6-15-34)41-21-9-19-38(30-41)36-17-7-18-37(28-36)39-26-27-42-43-22-10-24-48-50(43)51-44(45(42)31-39)23-11-25-49(51)55-48/h1-32H. The lowest BCUT2D eigenvalue weighted by Crippen LogP contribution is -1.96. The van der Waals surface area contributed by atoms with Gasteiger partial charge in [0.2, 0.25) is 0 Å². The molecule has 2 heterocycles. The Kier molecular flexibility index (Phi) is 7.17. The molecule has 0 saturated heterocycles. The van der Waals surface area contributed by atoms with Crippen molar-refractivity contribution in [2.75, 3.05) is 0 Å². The van der Waals surface area contributed by atoms with Gasteiger partial charge in [-0.25, -0.2) is 9.97 Å². The Morgan fingerprint density at radius 1 is 0.273 bits per heavy atom. The monoisotopic (exact) mass is 700 g/mol. The van der Waals surface area contributed by atoms with E-state index in [1.807, 2.05) is 24.3 Å². The van der Waals surface area contributed by atoms with Crippen molar-refractivity contribution in [1.82, 2.24) is 9.97 Å². The van der Waals surface area contributed by atoms with Gasteiger partial charge in [0.1, 0.15) is 11.2 Å².